The lowest BCUT2D eigenvalue weighted by atomic mass is 10.3. The predicted molar refractivity (Wildman–Crippen MR) is 52.1 cm³/mol. The molecule has 0 aliphatic carbocycles. The number of hydrogen-bond donors (Lipinski definition) is 1. The molecule has 0 amide bonds. The van der Waals surface area contributed by atoms with E-state index in [-0.39, 0.29) is 0 Å². The van der Waals surface area contributed by atoms with Crippen LogP contribution in [0.15, 0.2) is 5.38 Å². The second-order valence-corrected chi connectivity index (χ2v) is 4.00. The first-order valence-electron chi connectivity index (χ1n) is 3.52. The topological polar surface area (TPSA) is 38.9 Å². The van der Waals surface area contributed by atoms with Crippen LogP contribution in [0.4, 0.5) is 0 Å². The summed E-state index contributed by atoms with van der Waals surface area (Å²) in [6.45, 7) is 2.82. The highest BCUT2D eigenvalue weighted by Crippen LogP contribution is 2.16. The van der Waals surface area contributed by atoms with Crippen molar-refractivity contribution in [3.63, 3.8) is 0 Å². The van der Waals surface area contributed by atoms with Gasteiger partial charge in [0.05, 0.1) is 5.69 Å². The van der Waals surface area contributed by atoms with Gasteiger partial charge in [-0.05, 0) is 24.0 Å². The van der Waals surface area contributed by atoms with E-state index in [1.165, 1.54) is 22.8 Å². The van der Waals surface area contributed by atoms with E-state index in [0.717, 1.165) is 18.1 Å². The predicted octanol–water partition coefficient (Wildman–Crippen LogP) is 1.64. The Morgan fingerprint density at radius 3 is 3.09 bits per heavy atom. The fraction of sp³-hybridized carbons (Fsp3) is 0.571. The van der Waals surface area contributed by atoms with Gasteiger partial charge in [-0.2, -0.15) is 16.1 Å². The van der Waals surface area contributed by atoms with E-state index in [4.69, 9.17) is 5.73 Å². The molecule has 0 spiro atoms. The van der Waals surface area contributed by atoms with E-state index >= 15 is 0 Å². The van der Waals surface area contributed by atoms with E-state index in [2.05, 4.69) is 16.7 Å². The van der Waals surface area contributed by atoms with E-state index in [0.29, 0.717) is 0 Å². The average molecular weight is 188 g/mol. The fourth-order valence-corrected chi connectivity index (χ4v) is 2.35. The summed E-state index contributed by atoms with van der Waals surface area (Å²) in [4.78, 5) is 0. The molecule has 11 heavy (non-hydrogen) atoms. The maximum atomic E-state index is 5.37. The van der Waals surface area contributed by atoms with Crippen molar-refractivity contribution in [2.75, 3.05) is 12.3 Å². The van der Waals surface area contributed by atoms with Gasteiger partial charge in [0.25, 0.3) is 0 Å². The van der Waals surface area contributed by atoms with Gasteiger partial charge in [0.15, 0.2) is 0 Å². The third-order valence-corrected chi connectivity index (χ3v) is 3.18. The Bertz CT molecular complexity index is 210. The standard InChI is InChI=1S/C7H12N2S2/c1-6-7(5-11-9-6)4-10-3-2-8/h5H,2-4,8H2,1H3. The molecule has 0 unspecified atom stereocenters. The van der Waals surface area contributed by atoms with Gasteiger partial charge in [-0.25, -0.2) is 0 Å². The molecule has 1 aromatic heterocycles. The maximum absolute atomic E-state index is 5.37. The van der Waals surface area contributed by atoms with Crippen LogP contribution in [0.2, 0.25) is 0 Å². The quantitative estimate of drug-likeness (QED) is 0.730. The van der Waals surface area contributed by atoms with E-state index < -0.39 is 0 Å². The van der Waals surface area contributed by atoms with Crippen molar-refractivity contribution >= 4 is 23.3 Å². The zero-order chi connectivity index (χ0) is 8.10. The molecule has 0 aliphatic rings. The highest BCUT2D eigenvalue weighted by molar-refractivity contribution is 7.98. The molecule has 1 aromatic rings. The summed E-state index contributed by atoms with van der Waals surface area (Å²) in [7, 11) is 0. The zero-order valence-corrected chi connectivity index (χ0v) is 8.17. The molecule has 0 saturated heterocycles. The SMILES string of the molecule is Cc1nscc1CSCCN. The van der Waals surface area contributed by atoms with E-state index in [1.807, 2.05) is 11.8 Å². The first-order chi connectivity index (χ1) is 5.34. The van der Waals surface area contributed by atoms with Crippen molar-refractivity contribution in [3.05, 3.63) is 16.6 Å². The van der Waals surface area contributed by atoms with E-state index in [9.17, 15) is 0 Å². The Morgan fingerprint density at radius 1 is 1.73 bits per heavy atom. The van der Waals surface area contributed by atoms with Gasteiger partial charge in [-0.1, -0.05) is 0 Å². The van der Waals surface area contributed by atoms with Gasteiger partial charge in [0.1, 0.15) is 0 Å². The highest BCUT2D eigenvalue weighted by atomic mass is 32.2. The lowest BCUT2D eigenvalue weighted by Crippen LogP contribution is -2.01. The van der Waals surface area contributed by atoms with Crippen molar-refractivity contribution in [2.24, 2.45) is 5.73 Å². The van der Waals surface area contributed by atoms with E-state index in [1.54, 1.807) is 0 Å². The minimum atomic E-state index is 0.765. The summed E-state index contributed by atoms with van der Waals surface area (Å²) in [5, 5.41) is 2.11. The Hall–Kier alpha value is -0.0600. The van der Waals surface area contributed by atoms with Crippen LogP contribution in [-0.4, -0.2) is 16.7 Å². The molecule has 1 heterocycles. The summed E-state index contributed by atoms with van der Waals surface area (Å²) < 4.78 is 4.19. The van der Waals surface area contributed by atoms with Gasteiger partial charge >= 0.3 is 0 Å². The molecular weight excluding hydrogens is 176 g/mol. The van der Waals surface area contributed by atoms with Crippen molar-refractivity contribution in [1.29, 1.82) is 0 Å². The van der Waals surface area contributed by atoms with Crippen molar-refractivity contribution in [3.8, 4) is 0 Å². The number of nitrogens with zero attached hydrogens (tertiary/aromatic N) is 1. The van der Waals surface area contributed by atoms with Crippen LogP contribution in [0.3, 0.4) is 0 Å². The number of thioether (sulfide) groups is 1. The number of aryl methyl sites for hydroxylation is 1. The van der Waals surface area contributed by atoms with Gasteiger partial charge in [-0.3, -0.25) is 0 Å². The summed E-state index contributed by atoms with van der Waals surface area (Å²) in [6.07, 6.45) is 0. The molecule has 0 fully saturated rings. The van der Waals surface area contributed by atoms with Crippen LogP contribution < -0.4 is 5.73 Å². The molecular formula is C7H12N2S2. The van der Waals surface area contributed by atoms with Crippen LogP contribution in [0.1, 0.15) is 11.3 Å². The zero-order valence-electron chi connectivity index (χ0n) is 6.54. The molecule has 0 saturated carbocycles. The van der Waals surface area contributed by atoms with Crippen LogP contribution >= 0.6 is 23.3 Å². The lowest BCUT2D eigenvalue weighted by molar-refractivity contribution is 1.15. The Labute approximate surface area is 75.4 Å². The number of aromatic nitrogens is 1. The van der Waals surface area contributed by atoms with Gasteiger partial charge in [0, 0.05) is 23.4 Å². The molecule has 1 rings (SSSR count). The molecule has 2 N–H and O–H groups in total. The molecule has 0 bridgehead atoms. The Morgan fingerprint density at radius 2 is 2.55 bits per heavy atom. The maximum Gasteiger partial charge on any atom is 0.0551 e. The fourth-order valence-electron chi connectivity index (χ4n) is 0.717. The highest BCUT2D eigenvalue weighted by Gasteiger charge is 1.99. The van der Waals surface area contributed by atoms with Crippen molar-refractivity contribution in [1.82, 2.24) is 4.37 Å². The number of nitrogens with two attached hydrogens (primary N) is 1. The Kier molecular flexibility index (Phi) is 3.90. The van der Waals surface area contributed by atoms with Crippen LogP contribution in [-0.2, 0) is 5.75 Å². The number of rotatable bonds is 4. The molecule has 0 atom stereocenters. The Balaban J connectivity index is 2.32. The molecule has 0 radical (unpaired) electrons. The first-order valence-corrected chi connectivity index (χ1v) is 5.51. The molecule has 0 aromatic carbocycles. The summed E-state index contributed by atoms with van der Waals surface area (Å²) >= 11 is 3.40. The summed E-state index contributed by atoms with van der Waals surface area (Å²) in [6, 6.07) is 0. The van der Waals surface area contributed by atoms with Crippen LogP contribution in [0.5, 0.6) is 0 Å². The minimum Gasteiger partial charge on any atom is -0.330 e. The molecule has 0 aliphatic heterocycles. The van der Waals surface area contributed by atoms with Crippen molar-refractivity contribution < 1.29 is 0 Å². The van der Waals surface area contributed by atoms with Crippen LogP contribution in [0.25, 0.3) is 0 Å². The molecule has 2 nitrogen and oxygen atoms in total. The van der Waals surface area contributed by atoms with Gasteiger partial charge in [-0.15, -0.1) is 0 Å². The molecule has 62 valence electrons. The third kappa shape index (κ3) is 2.81. The monoisotopic (exact) mass is 188 g/mol. The summed E-state index contributed by atoms with van der Waals surface area (Å²) in [5.74, 6) is 2.09. The largest absolute Gasteiger partial charge is 0.330 e. The summed E-state index contributed by atoms with van der Waals surface area (Å²) in [5.41, 5.74) is 7.89. The number of hydrogen-bond acceptors (Lipinski definition) is 4. The average Bonchev–Trinajstić information content (AvgIpc) is 2.37. The first kappa shape index (κ1) is 9.03. The smallest absolute Gasteiger partial charge is 0.0551 e. The van der Waals surface area contributed by atoms with Crippen molar-refractivity contribution in [2.45, 2.75) is 12.7 Å². The van der Waals surface area contributed by atoms with Gasteiger partial charge in [0.2, 0.25) is 0 Å². The normalized spacial score (nSPS) is 10.4. The molecule has 4 heteroatoms. The third-order valence-electron chi connectivity index (χ3n) is 1.37. The lowest BCUT2D eigenvalue weighted by Gasteiger charge is -1.96. The van der Waals surface area contributed by atoms with Gasteiger partial charge < -0.3 is 5.73 Å². The second-order valence-electron chi connectivity index (χ2n) is 2.27. The van der Waals surface area contributed by atoms with Crippen LogP contribution in [0, 0.1) is 6.92 Å². The second kappa shape index (κ2) is 4.74. The minimum absolute atomic E-state index is 0.765.